The largest absolute Gasteiger partial charge is 0.457 e. The molecule has 0 saturated heterocycles. The van der Waals surface area contributed by atoms with Crippen LogP contribution in [-0.4, -0.2) is 35.9 Å². The molecule has 148 valence electrons. The molecule has 0 radical (unpaired) electrons. The summed E-state index contributed by atoms with van der Waals surface area (Å²) in [5.74, 6) is -1.52. The fraction of sp³-hybridized carbons (Fsp3) is 0.238. The Labute approximate surface area is 165 Å². The average Bonchev–Trinajstić information content (AvgIpc) is 3.19. The van der Waals surface area contributed by atoms with E-state index in [0.29, 0.717) is 16.7 Å². The summed E-state index contributed by atoms with van der Waals surface area (Å²) in [6.45, 7) is -0.307. The fourth-order valence-corrected chi connectivity index (χ4v) is 3.37. The van der Waals surface area contributed by atoms with Crippen LogP contribution in [0.15, 0.2) is 51.7 Å². The van der Waals surface area contributed by atoms with Gasteiger partial charge in [-0.2, -0.15) is 0 Å². The highest BCUT2D eigenvalue weighted by Gasteiger charge is 2.25. The lowest BCUT2D eigenvalue weighted by molar-refractivity contribution is -0.142. The lowest BCUT2D eigenvalue weighted by Gasteiger charge is -2.10. The van der Waals surface area contributed by atoms with Crippen LogP contribution in [0.3, 0.4) is 0 Å². The van der Waals surface area contributed by atoms with Gasteiger partial charge in [-0.3, -0.25) is 19.0 Å². The molecule has 1 amide bonds. The zero-order valence-electron chi connectivity index (χ0n) is 15.7. The molecule has 0 aliphatic carbocycles. The number of anilines is 1. The number of benzene rings is 2. The van der Waals surface area contributed by atoms with Crippen molar-refractivity contribution in [2.75, 3.05) is 18.6 Å². The molecule has 0 unspecified atom stereocenters. The first-order valence-corrected chi connectivity index (χ1v) is 9.11. The number of ketones is 1. The molecule has 8 heteroatoms. The van der Waals surface area contributed by atoms with E-state index < -0.39 is 18.3 Å². The number of Topliss-reactive ketones (excluding diaryl/α,β-unsaturated/α-hetero) is 1. The summed E-state index contributed by atoms with van der Waals surface area (Å²) in [5.41, 5.74) is 2.99. The number of aryl methyl sites for hydroxylation is 1. The van der Waals surface area contributed by atoms with Crippen molar-refractivity contribution < 1.29 is 23.5 Å². The molecule has 1 aliphatic heterocycles. The van der Waals surface area contributed by atoms with E-state index in [2.05, 4.69) is 0 Å². The molecule has 8 nitrogen and oxygen atoms in total. The van der Waals surface area contributed by atoms with Crippen molar-refractivity contribution in [2.24, 2.45) is 0 Å². The number of carbonyl (C=O) groups is 3. The van der Waals surface area contributed by atoms with E-state index in [4.69, 9.17) is 9.15 Å². The topological polar surface area (TPSA) is 98.8 Å². The SMILES string of the molecule is CN1C(=O)Cc2cc(C(=O)COC(=O)CCn3c(=O)oc4ccccc43)ccc21. The van der Waals surface area contributed by atoms with Gasteiger partial charge in [0, 0.05) is 24.8 Å². The minimum atomic E-state index is -0.591. The molecular formula is C21H18N2O6. The maximum Gasteiger partial charge on any atom is 0.419 e. The predicted octanol–water partition coefficient (Wildman–Crippen LogP) is 1.93. The maximum atomic E-state index is 12.3. The summed E-state index contributed by atoms with van der Waals surface area (Å²) >= 11 is 0. The highest BCUT2D eigenvalue weighted by molar-refractivity contribution is 6.03. The molecule has 2 aromatic carbocycles. The number of amides is 1. The maximum absolute atomic E-state index is 12.3. The van der Waals surface area contributed by atoms with Crippen LogP contribution < -0.4 is 10.7 Å². The van der Waals surface area contributed by atoms with Gasteiger partial charge in [-0.25, -0.2) is 4.79 Å². The molecule has 1 aliphatic rings. The van der Waals surface area contributed by atoms with Crippen molar-refractivity contribution in [1.82, 2.24) is 4.57 Å². The number of hydrogen-bond acceptors (Lipinski definition) is 6. The monoisotopic (exact) mass is 394 g/mol. The highest BCUT2D eigenvalue weighted by atomic mass is 16.5. The van der Waals surface area contributed by atoms with Crippen molar-refractivity contribution in [3.63, 3.8) is 0 Å². The first-order chi connectivity index (χ1) is 13.9. The molecule has 0 atom stereocenters. The Morgan fingerprint density at radius 1 is 1.14 bits per heavy atom. The summed E-state index contributed by atoms with van der Waals surface area (Å²) < 4.78 is 11.5. The number of ether oxygens (including phenoxy) is 1. The van der Waals surface area contributed by atoms with Gasteiger partial charge < -0.3 is 14.1 Å². The van der Waals surface area contributed by atoms with Gasteiger partial charge in [0.15, 0.2) is 18.0 Å². The Bertz CT molecular complexity index is 1190. The molecule has 0 N–H and O–H groups in total. The van der Waals surface area contributed by atoms with Gasteiger partial charge in [-0.05, 0) is 35.9 Å². The zero-order chi connectivity index (χ0) is 20.5. The van der Waals surface area contributed by atoms with Gasteiger partial charge in [0.1, 0.15) is 0 Å². The second-order valence-corrected chi connectivity index (χ2v) is 6.79. The number of likely N-dealkylation sites (N-methyl/N-ethyl adjacent to an activating group) is 1. The molecule has 3 aromatic rings. The first kappa shape index (κ1) is 18.7. The second kappa shape index (κ2) is 7.38. The smallest absolute Gasteiger partial charge is 0.419 e. The summed E-state index contributed by atoms with van der Waals surface area (Å²) in [7, 11) is 1.69. The Kier molecular flexibility index (Phi) is 4.75. The number of fused-ring (bicyclic) bond motifs is 2. The lowest BCUT2D eigenvalue weighted by atomic mass is 10.1. The van der Waals surface area contributed by atoms with E-state index in [9.17, 15) is 19.2 Å². The Hall–Kier alpha value is -3.68. The molecule has 29 heavy (non-hydrogen) atoms. The Morgan fingerprint density at radius 2 is 1.93 bits per heavy atom. The van der Waals surface area contributed by atoms with Crippen molar-refractivity contribution in [3.05, 3.63) is 64.1 Å². The number of esters is 1. The van der Waals surface area contributed by atoms with Crippen LogP contribution in [0.25, 0.3) is 11.1 Å². The molecule has 2 heterocycles. The van der Waals surface area contributed by atoms with Crippen LogP contribution in [0, 0.1) is 0 Å². The van der Waals surface area contributed by atoms with Gasteiger partial charge in [0.05, 0.1) is 18.4 Å². The number of carbonyl (C=O) groups excluding carboxylic acids is 3. The summed E-state index contributed by atoms with van der Waals surface area (Å²) in [5, 5.41) is 0. The first-order valence-electron chi connectivity index (χ1n) is 9.11. The summed E-state index contributed by atoms with van der Waals surface area (Å²) in [6.07, 6.45) is 0.181. The van der Waals surface area contributed by atoms with Gasteiger partial charge in [-0.15, -0.1) is 0 Å². The number of nitrogens with zero attached hydrogens (tertiary/aromatic N) is 2. The van der Waals surface area contributed by atoms with Crippen LogP contribution >= 0.6 is 0 Å². The normalized spacial score (nSPS) is 13.0. The van der Waals surface area contributed by atoms with Crippen LogP contribution in [0.5, 0.6) is 0 Å². The third-order valence-corrected chi connectivity index (χ3v) is 4.96. The molecule has 0 spiro atoms. The summed E-state index contributed by atoms with van der Waals surface area (Å²) in [6, 6.07) is 11.9. The third kappa shape index (κ3) is 3.56. The van der Waals surface area contributed by atoms with Crippen LogP contribution in [0.1, 0.15) is 22.3 Å². The van der Waals surface area contributed by atoms with Gasteiger partial charge >= 0.3 is 11.7 Å². The minimum absolute atomic E-state index is 0.0296. The lowest BCUT2D eigenvalue weighted by Crippen LogP contribution is -2.20. The fourth-order valence-electron chi connectivity index (χ4n) is 3.37. The zero-order valence-corrected chi connectivity index (χ0v) is 15.7. The van der Waals surface area contributed by atoms with Gasteiger partial charge in [0.2, 0.25) is 5.91 Å². The molecule has 0 bridgehead atoms. The van der Waals surface area contributed by atoms with E-state index in [-0.39, 0.29) is 31.1 Å². The second-order valence-electron chi connectivity index (χ2n) is 6.79. The number of aromatic nitrogens is 1. The van der Waals surface area contributed by atoms with Gasteiger partial charge in [-0.1, -0.05) is 12.1 Å². The van der Waals surface area contributed by atoms with Crippen molar-refractivity contribution >= 4 is 34.4 Å². The minimum Gasteiger partial charge on any atom is -0.457 e. The third-order valence-electron chi connectivity index (χ3n) is 4.96. The van der Waals surface area contributed by atoms with Crippen LogP contribution in [0.4, 0.5) is 5.69 Å². The number of rotatable bonds is 6. The highest BCUT2D eigenvalue weighted by Crippen LogP contribution is 2.28. The molecule has 4 rings (SSSR count). The average molecular weight is 394 g/mol. The number of hydrogen-bond donors (Lipinski definition) is 0. The van der Waals surface area contributed by atoms with Crippen LogP contribution in [-0.2, 0) is 27.3 Å². The molecule has 1 aromatic heterocycles. The van der Waals surface area contributed by atoms with E-state index in [1.165, 1.54) is 4.57 Å². The quantitative estimate of drug-likeness (QED) is 0.468. The van der Waals surface area contributed by atoms with Gasteiger partial charge in [0.25, 0.3) is 0 Å². The standard InChI is InChI=1S/C21H18N2O6/c1-22-15-7-6-13(10-14(15)11-19(22)25)17(24)12-28-20(26)8-9-23-16-4-2-3-5-18(16)29-21(23)27/h2-7,10H,8-9,11-12H2,1H3. The van der Waals surface area contributed by atoms with Crippen molar-refractivity contribution in [3.8, 4) is 0 Å². The molecular weight excluding hydrogens is 376 g/mol. The Morgan fingerprint density at radius 3 is 2.76 bits per heavy atom. The van der Waals surface area contributed by atoms with E-state index >= 15 is 0 Å². The molecule has 0 fully saturated rings. The predicted molar refractivity (Wildman–Crippen MR) is 104 cm³/mol. The Balaban J connectivity index is 1.35. The van der Waals surface area contributed by atoms with E-state index in [1.807, 2.05) is 0 Å². The van der Waals surface area contributed by atoms with Crippen molar-refractivity contribution in [1.29, 1.82) is 0 Å². The number of oxazole rings is 1. The molecule has 0 saturated carbocycles. The van der Waals surface area contributed by atoms with Crippen molar-refractivity contribution in [2.45, 2.75) is 19.4 Å². The van der Waals surface area contributed by atoms with E-state index in [0.717, 1.165) is 11.3 Å². The summed E-state index contributed by atoms with van der Waals surface area (Å²) in [4.78, 5) is 49.5. The number of para-hydroxylation sites is 2. The van der Waals surface area contributed by atoms with Crippen LogP contribution in [0.2, 0.25) is 0 Å². The van der Waals surface area contributed by atoms with E-state index in [1.54, 1.807) is 54.4 Å².